The molecule has 0 atom stereocenters. The SMILES string of the molecule is COc1ccc(Cn2cc(/C=C/[N+](=O)[O-])c(=O)[nH]c2=O)cc1. The second kappa shape index (κ2) is 6.53. The smallest absolute Gasteiger partial charge is 0.328 e. The van der Waals surface area contributed by atoms with E-state index in [0.717, 1.165) is 11.6 Å². The van der Waals surface area contributed by atoms with Crippen molar-refractivity contribution in [3.63, 3.8) is 0 Å². The summed E-state index contributed by atoms with van der Waals surface area (Å²) in [6.45, 7) is 0.221. The number of nitro groups is 1. The van der Waals surface area contributed by atoms with Crippen LogP contribution in [0.4, 0.5) is 0 Å². The zero-order chi connectivity index (χ0) is 16.1. The van der Waals surface area contributed by atoms with Gasteiger partial charge in [-0.3, -0.25) is 24.5 Å². The summed E-state index contributed by atoms with van der Waals surface area (Å²) in [5.74, 6) is 0.687. The van der Waals surface area contributed by atoms with Crippen molar-refractivity contribution < 1.29 is 9.66 Å². The summed E-state index contributed by atoms with van der Waals surface area (Å²) in [7, 11) is 1.55. The van der Waals surface area contributed by atoms with E-state index in [1.165, 1.54) is 10.8 Å². The van der Waals surface area contributed by atoms with Crippen LogP contribution in [-0.2, 0) is 6.54 Å². The number of aromatic amines is 1. The topological polar surface area (TPSA) is 107 Å². The summed E-state index contributed by atoms with van der Waals surface area (Å²) < 4.78 is 6.31. The van der Waals surface area contributed by atoms with Gasteiger partial charge in [0.1, 0.15) is 5.75 Å². The Morgan fingerprint density at radius 1 is 1.32 bits per heavy atom. The largest absolute Gasteiger partial charge is 0.497 e. The molecule has 0 radical (unpaired) electrons. The standard InChI is InChI=1S/C14H13N3O5/c1-22-12-4-2-10(3-5-12)8-16-9-11(6-7-17(20)21)13(18)15-14(16)19/h2-7,9H,8H2,1H3,(H,15,18,19)/b7-6+. The molecular weight excluding hydrogens is 290 g/mol. The first-order chi connectivity index (χ1) is 10.5. The van der Waals surface area contributed by atoms with Gasteiger partial charge in [0.25, 0.3) is 5.56 Å². The number of H-pyrrole nitrogens is 1. The van der Waals surface area contributed by atoms with Crippen LogP contribution in [0.2, 0.25) is 0 Å². The lowest BCUT2D eigenvalue weighted by atomic mass is 10.2. The molecule has 1 N–H and O–H groups in total. The second-order valence-corrected chi connectivity index (χ2v) is 4.42. The summed E-state index contributed by atoms with van der Waals surface area (Å²) in [6.07, 6.45) is 2.97. The minimum atomic E-state index is -0.682. The fraction of sp³-hybridized carbons (Fsp3) is 0.143. The maximum Gasteiger partial charge on any atom is 0.328 e. The van der Waals surface area contributed by atoms with E-state index >= 15 is 0 Å². The average molecular weight is 303 g/mol. The maximum atomic E-state index is 11.8. The molecule has 114 valence electrons. The third kappa shape index (κ3) is 3.69. The lowest BCUT2D eigenvalue weighted by molar-refractivity contribution is -0.400. The molecule has 8 heteroatoms. The summed E-state index contributed by atoms with van der Waals surface area (Å²) >= 11 is 0. The van der Waals surface area contributed by atoms with Crippen molar-refractivity contribution in [2.45, 2.75) is 6.54 Å². The van der Waals surface area contributed by atoms with Crippen molar-refractivity contribution >= 4 is 6.08 Å². The fourth-order valence-corrected chi connectivity index (χ4v) is 1.83. The van der Waals surface area contributed by atoms with Gasteiger partial charge in [0.05, 0.1) is 24.1 Å². The quantitative estimate of drug-likeness (QED) is 0.650. The van der Waals surface area contributed by atoms with Crippen LogP contribution in [-0.4, -0.2) is 21.6 Å². The fourth-order valence-electron chi connectivity index (χ4n) is 1.83. The van der Waals surface area contributed by atoms with Gasteiger partial charge in [-0.25, -0.2) is 4.79 Å². The van der Waals surface area contributed by atoms with Gasteiger partial charge in [0, 0.05) is 12.3 Å². The maximum absolute atomic E-state index is 11.8. The number of nitrogens with one attached hydrogen (secondary N) is 1. The number of ether oxygens (including phenoxy) is 1. The van der Waals surface area contributed by atoms with Crippen LogP contribution >= 0.6 is 0 Å². The molecule has 0 spiro atoms. The van der Waals surface area contributed by atoms with Crippen LogP contribution < -0.4 is 16.0 Å². The van der Waals surface area contributed by atoms with Crippen LogP contribution in [0.5, 0.6) is 5.75 Å². The number of aromatic nitrogens is 2. The Hall–Kier alpha value is -3.16. The lowest BCUT2D eigenvalue weighted by Crippen LogP contribution is -2.31. The summed E-state index contributed by atoms with van der Waals surface area (Å²) in [5.41, 5.74) is -0.405. The van der Waals surface area contributed by atoms with E-state index in [-0.39, 0.29) is 12.1 Å². The Morgan fingerprint density at radius 3 is 2.59 bits per heavy atom. The zero-order valence-corrected chi connectivity index (χ0v) is 11.7. The van der Waals surface area contributed by atoms with E-state index in [2.05, 4.69) is 4.98 Å². The Balaban J connectivity index is 2.33. The second-order valence-electron chi connectivity index (χ2n) is 4.42. The summed E-state index contributed by atoms with van der Waals surface area (Å²) in [6, 6.07) is 7.06. The number of rotatable bonds is 5. The van der Waals surface area contributed by atoms with Crippen molar-refractivity contribution in [2.24, 2.45) is 0 Å². The molecule has 0 unspecified atom stereocenters. The molecule has 22 heavy (non-hydrogen) atoms. The van der Waals surface area contributed by atoms with Crippen LogP contribution in [0.1, 0.15) is 11.1 Å². The van der Waals surface area contributed by atoms with Gasteiger partial charge < -0.3 is 4.74 Å². The van der Waals surface area contributed by atoms with Crippen LogP contribution in [0, 0.1) is 10.1 Å². The molecule has 0 fully saturated rings. The molecule has 0 saturated carbocycles. The molecule has 0 aliphatic rings. The first-order valence-corrected chi connectivity index (χ1v) is 6.28. The van der Waals surface area contributed by atoms with Gasteiger partial charge in [0.2, 0.25) is 6.20 Å². The highest BCUT2D eigenvalue weighted by atomic mass is 16.6. The molecule has 0 amide bonds. The predicted octanol–water partition coefficient (Wildman–Crippen LogP) is 0.841. The van der Waals surface area contributed by atoms with Crippen LogP contribution in [0.15, 0.2) is 46.3 Å². The molecule has 0 saturated heterocycles. The third-order valence-electron chi connectivity index (χ3n) is 2.93. The highest BCUT2D eigenvalue weighted by Crippen LogP contribution is 2.11. The lowest BCUT2D eigenvalue weighted by Gasteiger charge is -2.07. The van der Waals surface area contributed by atoms with Crippen molar-refractivity contribution in [3.8, 4) is 5.75 Å². The molecule has 2 rings (SSSR count). The van der Waals surface area contributed by atoms with Crippen LogP contribution in [0.3, 0.4) is 0 Å². The molecular formula is C14H13N3O5. The Labute approximate surface area is 124 Å². The monoisotopic (exact) mass is 303 g/mol. The van der Waals surface area contributed by atoms with E-state index in [1.54, 1.807) is 31.4 Å². The van der Waals surface area contributed by atoms with Crippen molar-refractivity contribution in [1.82, 2.24) is 9.55 Å². The molecule has 0 bridgehead atoms. The van der Waals surface area contributed by atoms with Crippen molar-refractivity contribution in [1.29, 1.82) is 0 Å². The Morgan fingerprint density at radius 2 is 2.00 bits per heavy atom. The van der Waals surface area contributed by atoms with Gasteiger partial charge >= 0.3 is 5.69 Å². The van der Waals surface area contributed by atoms with Crippen LogP contribution in [0.25, 0.3) is 6.08 Å². The zero-order valence-electron chi connectivity index (χ0n) is 11.7. The van der Waals surface area contributed by atoms with E-state index < -0.39 is 16.2 Å². The minimum absolute atomic E-state index is 0.0322. The highest BCUT2D eigenvalue weighted by molar-refractivity contribution is 5.44. The number of benzene rings is 1. The summed E-state index contributed by atoms with van der Waals surface area (Å²) in [5, 5.41) is 10.3. The molecule has 1 heterocycles. The third-order valence-corrected chi connectivity index (χ3v) is 2.93. The van der Waals surface area contributed by atoms with E-state index in [1.807, 2.05) is 0 Å². The molecule has 1 aromatic heterocycles. The van der Waals surface area contributed by atoms with Gasteiger partial charge in [-0.15, -0.1) is 0 Å². The molecule has 8 nitrogen and oxygen atoms in total. The predicted molar refractivity (Wildman–Crippen MR) is 79.4 cm³/mol. The Bertz CT molecular complexity index is 818. The molecule has 0 aliphatic carbocycles. The van der Waals surface area contributed by atoms with E-state index in [4.69, 9.17) is 4.74 Å². The normalized spacial score (nSPS) is 10.8. The highest BCUT2D eigenvalue weighted by Gasteiger charge is 2.05. The van der Waals surface area contributed by atoms with Gasteiger partial charge in [-0.05, 0) is 17.7 Å². The summed E-state index contributed by atoms with van der Waals surface area (Å²) in [4.78, 5) is 35.1. The van der Waals surface area contributed by atoms with Crippen molar-refractivity contribution in [3.05, 3.63) is 78.7 Å². The van der Waals surface area contributed by atoms with Gasteiger partial charge in [-0.2, -0.15) is 0 Å². The Kier molecular flexibility index (Phi) is 4.52. The number of methoxy groups -OCH3 is 1. The van der Waals surface area contributed by atoms with Gasteiger partial charge in [0.15, 0.2) is 0 Å². The average Bonchev–Trinajstić information content (AvgIpc) is 2.49. The first-order valence-electron chi connectivity index (χ1n) is 6.28. The first kappa shape index (κ1) is 15.2. The number of hydrogen-bond acceptors (Lipinski definition) is 5. The molecule has 0 aliphatic heterocycles. The van der Waals surface area contributed by atoms with E-state index in [9.17, 15) is 19.7 Å². The molecule has 2 aromatic rings. The number of nitrogens with zero attached hydrogens (tertiary/aromatic N) is 2. The van der Waals surface area contributed by atoms with Gasteiger partial charge in [-0.1, -0.05) is 12.1 Å². The minimum Gasteiger partial charge on any atom is -0.497 e. The van der Waals surface area contributed by atoms with E-state index in [0.29, 0.717) is 11.9 Å². The van der Waals surface area contributed by atoms with Crippen molar-refractivity contribution in [2.75, 3.05) is 7.11 Å². The number of hydrogen-bond donors (Lipinski definition) is 1. The molecule has 1 aromatic carbocycles.